The van der Waals surface area contributed by atoms with Crippen molar-refractivity contribution in [3.8, 4) is 17.4 Å². The first kappa shape index (κ1) is 23.2. The number of pyridine rings is 1. The highest BCUT2D eigenvalue weighted by Crippen LogP contribution is 2.28. The van der Waals surface area contributed by atoms with Crippen LogP contribution in [0.4, 0.5) is 11.6 Å². The van der Waals surface area contributed by atoms with Gasteiger partial charge in [-0.05, 0) is 43.0 Å². The molecule has 0 aliphatic rings. The van der Waals surface area contributed by atoms with Gasteiger partial charge in [0, 0.05) is 18.5 Å². The van der Waals surface area contributed by atoms with Crippen LogP contribution in [0.5, 0.6) is 17.4 Å². The number of nitrogens with one attached hydrogen (secondary N) is 1. The highest BCUT2D eigenvalue weighted by Gasteiger charge is 2.09. The summed E-state index contributed by atoms with van der Waals surface area (Å²) in [6.07, 6.45) is 6.98. The molecule has 0 amide bonds. The van der Waals surface area contributed by atoms with Crippen molar-refractivity contribution in [3.63, 3.8) is 0 Å². The van der Waals surface area contributed by atoms with Gasteiger partial charge >= 0.3 is 0 Å². The summed E-state index contributed by atoms with van der Waals surface area (Å²) in [6, 6.07) is 9.25. The number of hydrogen-bond acceptors (Lipinski definition) is 8. The number of aryl methyl sites for hydroxylation is 1. The van der Waals surface area contributed by atoms with Crippen LogP contribution in [0, 0.1) is 5.92 Å². The molecule has 0 aliphatic carbocycles. The van der Waals surface area contributed by atoms with Crippen LogP contribution >= 0.6 is 0 Å². The van der Waals surface area contributed by atoms with Crippen LogP contribution in [-0.2, 0) is 7.05 Å². The lowest BCUT2D eigenvalue weighted by Gasteiger charge is -2.10. The third-order valence-corrected chi connectivity index (χ3v) is 4.58. The topological polar surface area (TPSA) is 99.9 Å². The molecule has 0 radical (unpaired) electrons. The van der Waals surface area contributed by atoms with E-state index in [-0.39, 0.29) is 12.4 Å². The third kappa shape index (κ3) is 6.04. The van der Waals surface area contributed by atoms with E-state index in [0.717, 1.165) is 29.5 Å². The average molecular weight is 455 g/mol. The van der Waals surface area contributed by atoms with Gasteiger partial charge in [-0.25, -0.2) is 15.0 Å². The van der Waals surface area contributed by atoms with Gasteiger partial charge in [-0.15, -0.1) is 5.10 Å². The molecule has 9 nitrogen and oxygen atoms in total. The van der Waals surface area contributed by atoms with Crippen LogP contribution in [0.15, 0.2) is 49.1 Å². The quantitative estimate of drug-likeness (QED) is 0.380. The second kappa shape index (κ2) is 10.7. The number of aromatic nitrogens is 6. The number of fused-ring (bicyclic) bond motifs is 1. The van der Waals surface area contributed by atoms with Gasteiger partial charge in [0.05, 0.1) is 24.5 Å². The lowest BCUT2D eigenvalue weighted by Crippen LogP contribution is -3.00. The molecular formula is C22H25ClN7O2-. The predicted molar refractivity (Wildman–Crippen MR) is 118 cm³/mol. The molecule has 0 saturated heterocycles. The van der Waals surface area contributed by atoms with Crippen molar-refractivity contribution in [2.24, 2.45) is 13.0 Å². The summed E-state index contributed by atoms with van der Waals surface area (Å²) in [4.78, 5) is 14.5. The van der Waals surface area contributed by atoms with Gasteiger partial charge in [0.15, 0.2) is 5.82 Å². The summed E-state index contributed by atoms with van der Waals surface area (Å²) in [5, 5.41) is 12.3. The third-order valence-electron chi connectivity index (χ3n) is 4.58. The maximum Gasteiger partial charge on any atom is 0.219 e. The molecule has 0 unspecified atom stereocenters. The number of benzene rings is 1. The number of nitrogens with zero attached hydrogens (tertiary/aromatic N) is 6. The van der Waals surface area contributed by atoms with Crippen LogP contribution in [0.1, 0.15) is 26.7 Å². The Balaban J connectivity index is 0.00000289. The smallest absolute Gasteiger partial charge is 0.219 e. The van der Waals surface area contributed by atoms with Crippen molar-refractivity contribution in [2.45, 2.75) is 26.7 Å². The first-order chi connectivity index (χ1) is 15.1. The van der Waals surface area contributed by atoms with Crippen molar-refractivity contribution < 1.29 is 21.9 Å². The standard InChI is InChI=1S/C22H25N7O2.ClH/c1-15(2)5-4-10-30-17-7-9-21(23-12-17)31-16-6-8-19-18(11-16)22(25-14-24-19)27-20-13-26-29(3)28-20;/h6-9,11-15H,4-5,10H2,1-3H3,(H,24,25,27,28);1H/p-1. The molecule has 4 aromatic rings. The summed E-state index contributed by atoms with van der Waals surface area (Å²) < 4.78 is 11.7. The normalized spacial score (nSPS) is 10.8. The molecule has 0 aliphatic heterocycles. The Morgan fingerprint density at radius 3 is 2.59 bits per heavy atom. The maximum atomic E-state index is 5.93. The van der Waals surface area contributed by atoms with Crippen molar-refractivity contribution in [1.82, 2.24) is 29.9 Å². The van der Waals surface area contributed by atoms with Crippen LogP contribution in [0.3, 0.4) is 0 Å². The average Bonchev–Trinajstić information content (AvgIpc) is 3.17. The summed E-state index contributed by atoms with van der Waals surface area (Å²) in [5.74, 6) is 3.74. The molecular weight excluding hydrogens is 430 g/mol. The van der Waals surface area contributed by atoms with E-state index in [4.69, 9.17) is 9.47 Å². The predicted octanol–water partition coefficient (Wildman–Crippen LogP) is 1.51. The Kier molecular flexibility index (Phi) is 7.77. The van der Waals surface area contributed by atoms with Gasteiger partial charge in [0.2, 0.25) is 5.88 Å². The van der Waals surface area contributed by atoms with E-state index in [2.05, 4.69) is 44.3 Å². The molecule has 0 atom stereocenters. The largest absolute Gasteiger partial charge is 1.00 e. The second-order valence-electron chi connectivity index (χ2n) is 7.56. The van der Waals surface area contributed by atoms with Crippen LogP contribution in [0.25, 0.3) is 10.9 Å². The first-order valence-corrected chi connectivity index (χ1v) is 10.2. The lowest BCUT2D eigenvalue weighted by molar-refractivity contribution is -0.00000791. The van der Waals surface area contributed by atoms with Crippen molar-refractivity contribution in [1.29, 1.82) is 0 Å². The maximum absolute atomic E-state index is 5.93. The van der Waals surface area contributed by atoms with Crippen LogP contribution in [-0.4, -0.2) is 36.6 Å². The van der Waals surface area contributed by atoms with Crippen molar-refractivity contribution >= 4 is 22.5 Å². The molecule has 0 fully saturated rings. The zero-order chi connectivity index (χ0) is 21.6. The van der Waals surface area contributed by atoms with E-state index in [9.17, 15) is 0 Å². The Morgan fingerprint density at radius 2 is 1.88 bits per heavy atom. The monoisotopic (exact) mass is 454 g/mol. The first-order valence-electron chi connectivity index (χ1n) is 10.2. The van der Waals surface area contributed by atoms with E-state index in [1.54, 1.807) is 25.5 Å². The fourth-order valence-electron chi connectivity index (χ4n) is 3.04. The molecule has 10 heteroatoms. The van der Waals surface area contributed by atoms with E-state index in [0.29, 0.717) is 35.8 Å². The number of hydrogen-bond donors (Lipinski definition) is 1. The molecule has 0 bridgehead atoms. The molecule has 0 saturated carbocycles. The molecule has 1 N–H and O–H groups in total. The van der Waals surface area contributed by atoms with Gasteiger partial charge in [0.25, 0.3) is 0 Å². The van der Waals surface area contributed by atoms with E-state index in [1.807, 2.05) is 24.3 Å². The molecule has 32 heavy (non-hydrogen) atoms. The van der Waals surface area contributed by atoms with E-state index in [1.165, 1.54) is 11.1 Å². The Labute approximate surface area is 192 Å². The van der Waals surface area contributed by atoms with Gasteiger partial charge in [-0.2, -0.15) is 9.90 Å². The van der Waals surface area contributed by atoms with E-state index < -0.39 is 0 Å². The van der Waals surface area contributed by atoms with Crippen LogP contribution < -0.4 is 27.2 Å². The highest BCUT2D eigenvalue weighted by atomic mass is 35.5. The summed E-state index contributed by atoms with van der Waals surface area (Å²) in [6.45, 7) is 5.11. The van der Waals surface area contributed by atoms with E-state index >= 15 is 0 Å². The molecule has 168 valence electrons. The SMILES string of the molecule is CC(C)CCCOc1ccc(Oc2ccc3ncnc(Nc4cnn(C)n4)c3c2)nc1.[Cl-]. The summed E-state index contributed by atoms with van der Waals surface area (Å²) in [5.41, 5.74) is 0.784. The highest BCUT2D eigenvalue weighted by molar-refractivity contribution is 5.91. The minimum absolute atomic E-state index is 0. The van der Waals surface area contributed by atoms with Gasteiger partial charge in [-0.1, -0.05) is 13.8 Å². The fourth-order valence-corrected chi connectivity index (χ4v) is 3.04. The Hall–Kier alpha value is -3.46. The number of halogens is 1. The van der Waals surface area contributed by atoms with Gasteiger partial charge in [0.1, 0.15) is 23.6 Å². The zero-order valence-electron chi connectivity index (χ0n) is 18.2. The number of anilines is 2. The molecule has 4 rings (SSSR count). The lowest BCUT2D eigenvalue weighted by atomic mass is 10.1. The number of ether oxygens (including phenoxy) is 2. The Morgan fingerprint density at radius 1 is 1.03 bits per heavy atom. The second-order valence-corrected chi connectivity index (χ2v) is 7.56. The Bertz CT molecular complexity index is 1150. The summed E-state index contributed by atoms with van der Waals surface area (Å²) >= 11 is 0. The van der Waals surface area contributed by atoms with Gasteiger partial charge < -0.3 is 27.2 Å². The molecule has 3 heterocycles. The van der Waals surface area contributed by atoms with Gasteiger partial charge in [-0.3, -0.25) is 0 Å². The summed E-state index contributed by atoms with van der Waals surface area (Å²) in [7, 11) is 1.75. The van der Waals surface area contributed by atoms with Crippen LogP contribution in [0.2, 0.25) is 0 Å². The zero-order valence-corrected chi connectivity index (χ0v) is 19.0. The minimum Gasteiger partial charge on any atom is -1.00 e. The minimum atomic E-state index is 0. The molecule has 1 aromatic carbocycles. The molecule has 0 spiro atoms. The fraction of sp³-hybridized carbons (Fsp3) is 0.318. The van der Waals surface area contributed by atoms with Crippen molar-refractivity contribution in [2.75, 3.05) is 11.9 Å². The molecule has 3 aromatic heterocycles. The number of rotatable bonds is 9. The van der Waals surface area contributed by atoms with Crippen molar-refractivity contribution in [3.05, 3.63) is 49.1 Å².